The molecule has 0 unspecified atom stereocenters. The Morgan fingerprint density at radius 1 is 1.00 bits per heavy atom. The smallest absolute Gasteiger partial charge is 0.00912 e. The van der Waals surface area contributed by atoms with Crippen LogP contribution in [-0.2, 0) is 0 Å². The fourth-order valence-electron chi connectivity index (χ4n) is 1.93. The van der Waals surface area contributed by atoms with Crippen molar-refractivity contribution in [2.24, 2.45) is 0 Å². The molecule has 70 valence electrons. The van der Waals surface area contributed by atoms with Crippen molar-refractivity contribution in [2.45, 2.75) is 26.7 Å². The highest BCUT2D eigenvalue weighted by Gasteiger charge is 2.20. The Morgan fingerprint density at radius 3 is 2.15 bits per heavy atom. The summed E-state index contributed by atoms with van der Waals surface area (Å²) in [4.78, 5) is 0. The topological polar surface area (TPSA) is 12.0 Å². The van der Waals surface area contributed by atoms with E-state index >= 15 is 0 Å². The second-order valence-corrected chi connectivity index (χ2v) is 4.15. The summed E-state index contributed by atoms with van der Waals surface area (Å²) in [5.41, 5.74) is 5.83. The second kappa shape index (κ2) is 3.15. The summed E-state index contributed by atoms with van der Waals surface area (Å²) in [6, 6.07) is 4.67. The Morgan fingerprint density at radius 2 is 1.62 bits per heavy atom. The van der Waals surface area contributed by atoms with E-state index in [0.717, 1.165) is 19.0 Å². The van der Waals surface area contributed by atoms with Gasteiger partial charge in [0.15, 0.2) is 0 Å². The molecule has 0 atom stereocenters. The van der Waals surface area contributed by atoms with E-state index in [4.69, 9.17) is 0 Å². The van der Waals surface area contributed by atoms with Crippen molar-refractivity contribution < 1.29 is 0 Å². The summed E-state index contributed by atoms with van der Waals surface area (Å²) < 4.78 is 0. The van der Waals surface area contributed by atoms with E-state index in [2.05, 4.69) is 38.2 Å². The molecule has 0 saturated carbocycles. The maximum Gasteiger partial charge on any atom is 0.00912 e. The first-order valence-corrected chi connectivity index (χ1v) is 4.97. The molecule has 1 saturated heterocycles. The lowest BCUT2D eigenvalue weighted by molar-refractivity contribution is 0.446. The maximum atomic E-state index is 3.32. The molecule has 0 aromatic heterocycles. The molecule has 1 aliphatic heterocycles. The number of hydrogen-bond acceptors (Lipinski definition) is 1. The van der Waals surface area contributed by atoms with E-state index in [1.807, 2.05) is 0 Å². The van der Waals surface area contributed by atoms with Gasteiger partial charge in [-0.1, -0.05) is 12.1 Å². The minimum Gasteiger partial charge on any atom is -0.315 e. The fourth-order valence-corrected chi connectivity index (χ4v) is 1.93. The van der Waals surface area contributed by atoms with E-state index in [1.165, 1.54) is 16.7 Å². The molecule has 1 heterocycles. The lowest BCUT2D eigenvalue weighted by atomic mass is 9.88. The van der Waals surface area contributed by atoms with Gasteiger partial charge in [-0.25, -0.2) is 0 Å². The van der Waals surface area contributed by atoms with E-state index in [-0.39, 0.29) is 0 Å². The van der Waals surface area contributed by atoms with E-state index in [1.54, 1.807) is 5.56 Å². The zero-order valence-electron chi connectivity index (χ0n) is 8.65. The largest absolute Gasteiger partial charge is 0.315 e. The number of aryl methyl sites for hydroxylation is 3. The Bertz CT molecular complexity index is 324. The molecule has 1 N–H and O–H groups in total. The molecule has 1 heteroatoms. The molecule has 1 aromatic rings. The van der Waals surface area contributed by atoms with Crippen molar-refractivity contribution in [1.82, 2.24) is 5.32 Å². The summed E-state index contributed by atoms with van der Waals surface area (Å²) in [5.74, 6) is 0.763. The van der Waals surface area contributed by atoms with Crippen LogP contribution in [0, 0.1) is 20.8 Å². The average molecular weight is 175 g/mol. The minimum atomic E-state index is 0.763. The second-order valence-electron chi connectivity index (χ2n) is 4.15. The van der Waals surface area contributed by atoms with Crippen LogP contribution in [0.2, 0.25) is 0 Å². The van der Waals surface area contributed by atoms with Gasteiger partial charge in [-0.2, -0.15) is 0 Å². The number of hydrogen-bond donors (Lipinski definition) is 1. The monoisotopic (exact) mass is 175 g/mol. The van der Waals surface area contributed by atoms with Crippen LogP contribution in [0.15, 0.2) is 12.1 Å². The third kappa shape index (κ3) is 1.49. The molecule has 13 heavy (non-hydrogen) atoms. The van der Waals surface area contributed by atoms with Gasteiger partial charge in [0, 0.05) is 19.0 Å². The van der Waals surface area contributed by atoms with Crippen molar-refractivity contribution in [3.63, 3.8) is 0 Å². The molecule has 0 amide bonds. The SMILES string of the molecule is Cc1cc(C)c(C2CNC2)cc1C. The standard InChI is InChI=1S/C12H17N/c1-8-4-10(3)12(5-9(8)2)11-6-13-7-11/h4-5,11,13H,6-7H2,1-3H3. The van der Waals surface area contributed by atoms with Gasteiger partial charge in [-0.15, -0.1) is 0 Å². The van der Waals surface area contributed by atoms with Gasteiger partial charge in [-0.05, 0) is 43.0 Å². The molecule has 1 nitrogen and oxygen atoms in total. The van der Waals surface area contributed by atoms with E-state index in [9.17, 15) is 0 Å². The van der Waals surface area contributed by atoms with Crippen LogP contribution in [0.5, 0.6) is 0 Å². The summed E-state index contributed by atoms with van der Waals surface area (Å²) in [6.45, 7) is 8.92. The van der Waals surface area contributed by atoms with Gasteiger partial charge >= 0.3 is 0 Å². The average Bonchev–Trinajstić information content (AvgIpc) is 1.96. The van der Waals surface area contributed by atoms with Crippen LogP contribution < -0.4 is 5.32 Å². The first-order valence-electron chi connectivity index (χ1n) is 4.97. The molecule has 1 aliphatic rings. The summed E-state index contributed by atoms with van der Waals surface area (Å²) in [6.07, 6.45) is 0. The van der Waals surface area contributed by atoms with Crippen molar-refractivity contribution in [1.29, 1.82) is 0 Å². The predicted octanol–water partition coefficient (Wildman–Crippen LogP) is 2.30. The Kier molecular flexibility index (Phi) is 2.12. The van der Waals surface area contributed by atoms with Crippen molar-refractivity contribution >= 4 is 0 Å². The highest BCUT2D eigenvalue weighted by Crippen LogP contribution is 2.25. The molecule has 0 bridgehead atoms. The highest BCUT2D eigenvalue weighted by atomic mass is 14.9. The van der Waals surface area contributed by atoms with Gasteiger partial charge in [0.2, 0.25) is 0 Å². The molecule has 0 radical (unpaired) electrons. The maximum absolute atomic E-state index is 3.32. The third-order valence-corrected chi connectivity index (χ3v) is 3.10. The minimum absolute atomic E-state index is 0.763. The summed E-state index contributed by atoms with van der Waals surface area (Å²) in [5, 5.41) is 3.32. The summed E-state index contributed by atoms with van der Waals surface area (Å²) >= 11 is 0. The molecule has 2 rings (SSSR count). The van der Waals surface area contributed by atoms with Crippen molar-refractivity contribution in [3.8, 4) is 0 Å². The van der Waals surface area contributed by atoms with Crippen LogP contribution in [0.1, 0.15) is 28.2 Å². The lowest BCUT2D eigenvalue weighted by Crippen LogP contribution is -2.40. The third-order valence-electron chi connectivity index (χ3n) is 3.10. The highest BCUT2D eigenvalue weighted by molar-refractivity contribution is 5.39. The van der Waals surface area contributed by atoms with Crippen LogP contribution in [0.25, 0.3) is 0 Å². The zero-order chi connectivity index (χ0) is 9.42. The molecule has 0 aliphatic carbocycles. The molecule has 0 spiro atoms. The number of rotatable bonds is 1. The fraction of sp³-hybridized carbons (Fsp3) is 0.500. The van der Waals surface area contributed by atoms with Crippen molar-refractivity contribution in [3.05, 3.63) is 34.4 Å². The predicted molar refractivity (Wildman–Crippen MR) is 56.3 cm³/mol. The molecule has 1 aromatic carbocycles. The zero-order valence-corrected chi connectivity index (χ0v) is 8.65. The quantitative estimate of drug-likeness (QED) is 0.690. The van der Waals surface area contributed by atoms with Crippen molar-refractivity contribution in [2.75, 3.05) is 13.1 Å². The normalized spacial score (nSPS) is 17.2. The van der Waals surface area contributed by atoms with Gasteiger partial charge in [-0.3, -0.25) is 0 Å². The van der Waals surface area contributed by atoms with Gasteiger partial charge in [0.05, 0.1) is 0 Å². The van der Waals surface area contributed by atoms with Gasteiger partial charge in [0.1, 0.15) is 0 Å². The molecule has 1 fully saturated rings. The lowest BCUT2D eigenvalue weighted by Gasteiger charge is -2.29. The van der Waals surface area contributed by atoms with Gasteiger partial charge in [0.25, 0.3) is 0 Å². The Balaban J connectivity index is 2.39. The molecular formula is C12H17N. The van der Waals surface area contributed by atoms with Crippen LogP contribution in [-0.4, -0.2) is 13.1 Å². The molecular weight excluding hydrogens is 158 g/mol. The first-order chi connectivity index (χ1) is 6.18. The Hall–Kier alpha value is -0.820. The van der Waals surface area contributed by atoms with Gasteiger partial charge < -0.3 is 5.32 Å². The van der Waals surface area contributed by atoms with E-state index < -0.39 is 0 Å². The van der Waals surface area contributed by atoms with Crippen LogP contribution >= 0.6 is 0 Å². The Labute approximate surface area is 80.2 Å². The first kappa shape index (κ1) is 8.76. The number of benzene rings is 1. The van der Waals surface area contributed by atoms with Crippen LogP contribution in [0.4, 0.5) is 0 Å². The summed E-state index contributed by atoms with van der Waals surface area (Å²) in [7, 11) is 0. The van der Waals surface area contributed by atoms with E-state index in [0.29, 0.717) is 0 Å². The van der Waals surface area contributed by atoms with Crippen LogP contribution in [0.3, 0.4) is 0 Å². The number of nitrogens with one attached hydrogen (secondary N) is 1.